The molecule has 0 aliphatic heterocycles. The normalized spacial score (nSPS) is 12.8. The van der Waals surface area contributed by atoms with Crippen molar-refractivity contribution in [1.82, 2.24) is 10.2 Å². The summed E-state index contributed by atoms with van der Waals surface area (Å²) in [5, 5.41) is 3.42. The lowest BCUT2D eigenvalue weighted by Crippen LogP contribution is -2.54. The van der Waals surface area contributed by atoms with Gasteiger partial charge in [-0.05, 0) is 56.0 Å². The van der Waals surface area contributed by atoms with Gasteiger partial charge in [-0.2, -0.15) is 0 Å². The van der Waals surface area contributed by atoms with E-state index in [0.29, 0.717) is 16.3 Å². The zero-order chi connectivity index (χ0) is 29.4. The molecule has 7 nitrogen and oxygen atoms in total. The summed E-state index contributed by atoms with van der Waals surface area (Å²) in [5.74, 6) is -0.783. The highest BCUT2D eigenvalue weighted by atomic mass is 35.5. The lowest BCUT2D eigenvalue weighted by Gasteiger charge is -2.34. The fourth-order valence-corrected chi connectivity index (χ4v) is 5.42. The maximum atomic E-state index is 14.1. The van der Waals surface area contributed by atoms with Gasteiger partial charge in [-0.25, -0.2) is 8.42 Å². The Morgan fingerprint density at radius 1 is 0.925 bits per heavy atom. The van der Waals surface area contributed by atoms with Gasteiger partial charge in [-0.1, -0.05) is 84.8 Å². The van der Waals surface area contributed by atoms with Gasteiger partial charge in [0.25, 0.3) is 0 Å². The number of sulfonamides is 1. The first-order chi connectivity index (χ1) is 18.9. The molecule has 3 aromatic rings. The van der Waals surface area contributed by atoms with Crippen LogP contribution in [0.3, 0.4) is 0 Å². The number of nitrogens with one attached hydrogen (secondary N) is 1. The SMILES string of the molecule is CC[C@@H](C)NC(=O)[C@@H](Cc1ccccc1)N(Cc1ccc(C)cc1)C(=O)CN(c1cccc(Cl)c1C)S(C)(=O)=O. The van der Waals surface area contributed by atoms with E-state index in [-0.39, 0.29) is 24.9 Å². The number of aryl methyl sites for hydroxylation is 1. The molecule has 0 heterocycles. The Bertz CT molecular complexity index is 1410. The first-order valence-corrected chi connectivity index (χ1v) is 15.6. The van der Waals surface area contributed by atoms with Crippen LogP contribution in [0.5, 0.6) is 0 Å². The molecule has 2 atom stereocenters. The molecule has 1 N–H and O–H groups in total. The van der Waals surface area contributed by atoms with E-state index in [1.54, 1.807) is 25.1 Å². The van der Waals surface area contributed by atoms with Gasteiger partial charge in [0.1, 0.15) is 12.6 Å². The molecule has 0 unspecified atom stereocenters. The van der Waals surface area contributed by atoms with Crippen LogP contribution in [0.1, 0.15) is 42.5 Å². The van der Waals surface area contributed by atoms with Crippen LogP contribution in [0, 0.1) is 13.8 Å². The van der Waals surface area contributed by atoms with Crippen molar-refractivity contribution in [2.24, 2.45) is 0 Å². The zero-order valence-corrected chi connectivity index (χ0v) is 25.3. The van der Waals surface area contributed by atoms with E-state index in [4.69, 9.17) is 11.6 Å². The van der Waals surface area contributed by atoms with Crippen molar-refractivity contribution in [3.8, 4) is 0 Å². The minimum absolute atomic E-state index is 0.0938. The topological polar surface area (TPSA) is 86.8 Å². The van der Waals surface area contributed by atoms with E-state index in [1.807, 2.05) is 75.4 Å². The number of rotatable bonds is 12. The molecule has 3 aromatic carbocycles. The van der Waals surface area contributed by atoms with Gasteiger partial charge in [-0.15, -0.1) is 0 Å². The number of hydrogen-bond donors (Lipinski definition) is 1. The maximum Gasteiger partial charge on any atom is 0.244 e. The molecule has 214 valence electrons. The third-order valence-corrected chi connectivity index (χ3v) is 8.47. The average molecular weight is 584 g/mol. The molecule has 0 spiro atoms. The number of benzene rings is 3. The third-order valence-electron chi connectivity index (χ3n) is 6.93. The van der Waals surface area contributed by atoms with Gasteiger partial charge in [0.2, 0.25) is 21.8 Å². The molecular weight excluding hydrogens is 546 g/mol. The van der Waals surface area contributed by atoms with Crippen LogP contribution in [0.2, 0.25) is 5.02 Å². The highest BCUT2D eigenvalue weighted by Gasteiger charge is 2.33. The summed E-state index contributed by atoms with van der Waals surface area (Å²) >= 11 is 6.30. The number of carbonyl (C=O) groups excluding carboxylic acids is 2. The average Bonchev–Trinajstić information content (AvgIpc) is 2.91. The number of carbonyl (C=O) groups is 2. The van der Waals surface area contributed by atoms with Crippen molar-refractivity contribution < 1.29 is 18.0 Å². The fourth-order valence-electron chi connectivity index (χ4n) is 4.35. The van der Waals surface area contributed by atoms with Crippen molar-refractivity contribution in [3.05, 3.63) is 100 Å². The summed E-state index contributed by atoms with van der Waals surface area (Å²) in [7, 11) is -3.87. The van der Waals surface area contributed by atoms with Crippen LogP contribution in [-0.2, 0) is 32.6 Å². The lowest BCUT2D eigenvalue weighted by molar-refractivity contribution is -0.140. The molecule has 0 aromatic heterocycles. The van der Waals surface area contributed by atoms with Crippen molar-refractivity contribution in [2.45, 2.75) is 59.2 Å². The maximum absolute atomic E-state index is 14.1. The second kappa shape index (κ2) is 13.8. The van der Waals surface area contributed by atoms with E-state index < -0.39 is 28.5 Å². The highest BCUT2D eigenvalue weighted by molar-refractivity contribution is 7.92. The van der Waals surface area contributed by atoms with E-state index in [9.17, 15) is 18.0 Å². The number of halogens is 1. The Morgan fingerprint density at radius 2 is 1.57 bits per heavy atom. The molecule has 0 bridgehead atoms. The van der Waals surface area contributed by atoms with E-state index in [0.717, 1.165) is 33.7 Å². The minimum Gasteiger partial charge on any atom is -0.352 e. The first kappa shape index (κ1) is 31.2. The number of hydrogen-bond acceptors (Lipinski definition) is 4. The predicted molar refractivity (Wildman–Crippen MR) is 162 cm³/mol. The molecule has 2 amide bonds. The molecule has 9 heteroatoms. The largest absolute Gasteiger partial charge is 0.352 e. The number of nitrogens with zero attached hydrogens (tertiary/aromatic N) is 2. The molecule has 0 aliphatic rings. The summed E-state index contributed by atoms with van der Waals surface area (Å²) < 4.78 is 27.0. The quantitative estimate of drug-likeness (QED) is 0.314. The molecule has 40 heavy (non-hydrogen) atoms. The van der Waals surface area contributed by atoms with Gasteiger partial charge in [0.15, 0.2) is 0 Å². The molecule has 3 rings (SSSR count). The van der Waals surface area contributed by atoms with Crippen molar-refractivity contribution in [1.29, 1.82) is 0 Å². The second-order valence-electron chi connectivity index (χ2n) is 10.2. The summed E-state index contributed by atoms with van der Waals surface area (Å²) in [6.45, 7) is 7.23. The summed E-state index contributed by atoms with van der Waals surface area (Å²) in [6, 6.07) is 21.2. The standard InChI is InChI=1S/C31H38ClN3O4S/c1-6-23(3)33-31(37)29(19-25-11-8-7-9-12-25)34(20-26-17-15-22(2)16-18-26)30(36)21-35(40(5,38)39)28-14-10-13-27(32)24(28)4/h7-18,23,29H,6,19-21H2,1-5H3,(H,33,37)/t23-,29-/m1/s1. The van der Waals surface area contributed by atoms with Gasteiger partial charge in [-0.3, -0.25) is 13.9 Å². The Morgan fingerprint density at radius 3 is 2.17 bits per heavy atom. The van der Waals surface area contributed by atoms with Crippen LogP contribution in [0.25, 0.3) is 0 Å². The molecule has 0 saturated heterocycles. The third kappa shape index (κ3) is 8.32. The molecule has 0 radical (unpaired) electrons. The van der Waals surface area contributed by atoms with Crippen LogP contribution in [0.4, 0.5) is 5.69 Å². The molecule has 0 aliphatic carbocycles. The fraction of sp³-hybridized carbons (Fsp3) is 0.355. The van der Waals surface area contributed by atoms with E-state index in [2.05, 4.69) is 5.32 Å². The summed E-state index contributed by atoms with van der Waals surface area (Å²) in [4.78, 5) is 29.3. The van der Waals surface area contributed by atoms with Gasteiger partial charge in [0.05, 0.1) is 11.9 Å². The lowest BCUT2D eigenvalue weighted by atomic mass is 10.0. The zero-order valence-electron chi connectivity index (χ0n) is 23.7. The van der Waals surface area contributed by atoms with Crippen LogP contribution < -0.4 is 9.62 Å². The van der Waals surface area contributed by atoms with E-state index in [1.165, 1.54) is 4.90 Å². The second-order valence-corrected chi connectivity index (χ2v) is 12.5. The van der Waals surface area contributed by atoms with Crippen LogP contribution >= 0.6 is 11.6 Å². The van der Waals surface area contributed by atoms with Crippen molar-refractivity contribution in [3.63, 3.8) is 0 Å². The minimum atomic E-state index is -3.87. The molecule has 0 fully saturated rings. The van der Waals surface area contributed by atoms with E-state index >= 15 is 0 Å². The van der Waals surface area contributed by atoms with Crippen molar-refractivity contribution >= 4 is 39.1 Å². The number of amides is 2. The molecular formula is C31H38ClN3O4S. The monoisotopic (exact) mass is 583 g/mol. The van der Waals surface area contributed by atoms with Gasteiger partial charge < -0.3 is 10.2 Å². The Kier molecular flexibility index (Phi) is 10.8. The van der Waals surface area contributed by atoms with Gasteiger partial charge in [0, 0.05) is 24.0 Å². The highest BCUT2D eigenvalue weighted by Crippen LogP contribution is 2.28. The first-order valence-electron chi connectivity index (χ1n) is 13.3. The predicted octanol–water partition coefficient (Wildman–Crippen LogP) is 5.28. The Balaban J connectivity index is 2.08. The van der Waals surface area contributed by atoms with Crippen LogP contribution in [-0.4, -0.2) is 50.0 Å². The van der Waals surface area contributed by atoms with Crippen molar-refractivity contribution in [2.75, 3.05) is 17.1 Å². The summed E-state index contributed by atoms with van der Waals surface area (Å²) in [6.07, 6.45) is 2.06. The Labute approximate surface area is 243 Å². The smallest absolute Gasteiger partial charge is 0.244 e. The van der Waals surface area contributed by atoms with Gasteiger partial charge >= 0.3 is 0 Å². The Hall–Kier alpha value is -3.36. The van der Waals surface area contributed by atoms with Crippen LogP contribution in [0.15, 0.2) is 72.8 Å². The summed E-state index contributed by atoms with van der Waals surface area (Å²) in [5.41, 5.74) is 3.65. The number of anilines is 1. The molecule has 0 saturated carbocycles.